The molecule has 4 aromatic rings. The average molecular weight is 496 g/mol. The van der Waals surface area contributed by atoms with Crippen molar-refractivity contribution in [3.8, 4) is 0 Å². The lowest BCUT2D eigenvalue weighted by molar-refractivity contribution is -0.137. The molecule has 11 heteroatoms. The number of fused-ring (bicyclic) bond motifs is 3. The number of carbonyl (C=O) groups excluding carboxylic acids is 1. The molecule has 172 valence electrons. The summed E-state index contributed by atoms with van der Waals surface area (Å²) in [6.07, 6.45) is -3.92. The number of thioether (sulfide) groups is 1. The number of amides is 1. The first kappa shape index (κ1) is 23.2. The van der Waals surface area contributed by atoms with Gasteiger partial charge in [-0.3, -0.25) is 14.2 Å². The molecule has 1 amide bonds. The fourth-order valence-electron chi connectivity index (χ4n) is 3.30. The lowest BCUT2D eigenvalue weighted by atomic mass is 10.2. The number of anilines is 1. The van der Waals surface area contributed by atoms with E-state index < -0.39 is 17.6 Å². The van der Waals surface area contributed by atoms with Gasteiger partial charge in [-0.25, -0.2) is 4.98 Å². The van der Waals surface area contributed by atoms with Gasteiger partial charge in [-0.05, 0) is 36.8 Å². The Labute approximate surface area is 194 Å². The number of hydrogen-bond acceptors (Lipinski definition) is 5. The molecular weight excluding hydrogens is 479 g/mol. The number of furan rings is 1. The normalized spacial score (nSPS) is 11.9. The SMILES string of the molecule is CCCn1c(SCC(=O)Nc2cc(C(F)(F)F)ccc2Cl)nc2c(oc3ccccc32)c1=O. The highest BCUT2D eigenvalue weighted by molar-refractivity contribution is 7.99. The van der Waals surface area contributed by atoms with Gasteiger partial charge in [-0.1, -0.05) is 42.4 Å². The number of alkyl halides is 3. The van der Waals surface area contributed by atoms with Gasteiger partial charge in [-0.2, -0.15) is 13.2 Å². The third-order valence-electron chi connectivity index (χ3n) is 4.79. The van der Waals surface area contributed by atoms with Crippen LogP contribution in [0.3, 0.4) is 0 Å². The quantitative estimate of drug-likeness (QED) is 0.264. The van der Waals surface area contributed by atoms with Crippen molar-refractivity contribution >= 4 is 57.0 Å². The van der Waals surface area contributed by atoms with Crippen LogP contribution in [0, 0.1) is 0 Å². The van der Waals surface area contributed by atoms with Gasteiger partial charge in [0.25, 0.3) is 5.56 Å². The Bertz CT molecular complexity index is 1420. The van der Waals surface area contributed by atoms with Gasteiger partial charge in [0.1, 0.15) is 11.1 Å². The van der Waals surface area contributed by atoms with Crippen molar-refractivity contribution in [2.75, 3.05) is 11.1 Å². The number of hydrogen-bond donors (Lipinski definition) is 1. The standard InChI is InChI=1S/C22H17ClF3N3O3S/c1-2-9-29-20(31)19-18(13-5-3-4-6-16(13)32-19)28-21(29)33-11-17(30)27-15-10-12(22(24,25)26)7-8-14(15)23/h3-8,10H,2,9,11H2,1H3,(H,27,30). The zero-order valence-electron chi connectivity index (χ0n) is 17.2. The van der Waals surface area contributed by atoms with Crippen LogP contribution in [-0.4, -0.2) is 21.2 Å². The molecule has 0 radical (unpaired) electrons. The van der Waals surface area contributed by atoms with Crippen LogP contribution in [0.4, 0.5) is 18.9 Å². The first-order valence-electron chi connectivity index (χ1n) is 9.90. The van der Waals surface area contributed by atoms with E-state index in [1.807, 2.05) is 6.92 Å². The van der Waals surface area contributed by atoms with Crippen LogP contribution in [-0.2, 0) is 17.5 Å². The zero-order chi connectivity index (χ0) is 23.8. The number of halogens is 4. The molecule has 0 fully saturated rings. The molecule has 0 aliphatic rings. The number of carbonyl (C=O) groups is 1. The van der Waals surface area contributed by atoms with Crippen molar-refractivity contribution in [3.63, 3.8) is 0 Å². The molecule has 0 unspecified atom stereocenters. The zero-order valence-corrected chi connectivity index (χ0v) is 18.8. The topological polar surface area (TPSA) is 77.1 Å². The molecule has 0 aliphatic carbocycles. The number of para-hydroxylation sites is 1. The maximum Gasteiger partial charge on any atom is 0.416 e. The van der Waals surface area contributed by atoms with Crippen LogP contribution in [0.15, 0.2) is 56.8 Å². The van der Waals surface area contributed by atoms with Gasteiger partial charge in [0.05, 0.1) is 22.0 Å². The van der Waals surface area contributed by atoms with Crippen LogP contribution >= 0.6 is 23.4 Å². The molecule has 33 heavy (non-hydrogen) atoms. The van der Waals surface area contributed by atoms with E-state index in [0.29, 0.717) is 34.6 Å². The summed E-state index contributed by atoms with van der Waals surface area (Å²) in [6.45, 7) is 2.26. The lowest BCUT2D eigenvalue weighted by Crippen LogP contribution is -2.24. The van der Waals surface area contributed by atoms with Gasteiger partial charge >= 0.3 is 6.18 Å². The van der Waals surface area contributed by atoms with Crippen LogP contribution in [0.1, 0.15) is 18.9 Å². The molecule has 0 spiro atoms. The summed E-state index contributed by atoms with van der Waals surface area (Å²) in [7, 11) is 0. The fraction of sp³-hybridized carbons (Fsp3) is 0.227. The van der Waals surface area contributed by atoms with Crippen LogP contribution in [0.25, 0.3) is 22.1 Å². The highest BCUT2D eigenvalue weighted by atomic mass is 35.5. The van der Waals surface area contributed by atoms with Gasteiger partial charge in [0.2, 0.25) is 11.5 Å². The molecule has 4 rings (SSSR count). The van der Waals surface area contributed by atoms with E-state index in [-0.39, 0.29) is 27.6 Å². The summed E-state index contributed by atoms with van der Waals surface area (Å²) in [5, 5.41) is 3.36. The minimum absolute atomic E-state index is 0.0198. The largest absolute Gasteiger partial charge is 0.448 e. The molecule has 0 bridgehead atoms. The van der Waals surface area contributed by atoms with Gasteiger partial charge in [0, 0.05) is 11.9 Å². The first-order chi connectivity index (χ1) is 15.7. The molecule has 2 aromatic heterocycles. The van der Waals surface area contributed by atoms with Gasteiger partial charge in [0.15, 0.2) is 5.16 Å². The maximum absolute atomic E-state index is 13.0. The Balaban J connectivity index is 1.61. The Hall–Kier alpha value is -2.98. The number of nitrogens with zero attached hydrogens (tertiary/aromatic N) is 2. The molecule has 1 N–H and O–H groups in total. The molecule has 0 atom stereocenters. The smallest absolute Gasteiger partial charge is 0.416 e. The van der Waals surface area contributed by atoms with E-state index in [4.69, 9.17) is 16.0 Å². The molecule has 0 saturated carbocycles. The van der Waals surface area contributed by atoms with Crippen LogP contribution in [0.5, 0.6) is 0 Å². The number of aromatic nitrogens is 2. The lowest BCUT2D eigenvalue weighted by Gasteiger charge is -2.12. The fourth-order valence-corrected chi connectivity index (χ4v) is 4.28. The first-order valence-corrected chi connectivity index (χ1v) is 11.3. The van der Waals surface area contributed by atoms with E-state index in [9.17, 15) is 22.8 Å². The van der Waals surface area contributed by atoms with E-state index in [2.05, 4.69) is 10.3 Å². The molecular formula is C22H17ClF3N3O3S. The summed E-state index contributed by atoms with van der Waals surface area (Å²) < 4.78 is 46.0. The van der Waals surface area contributed by atoms with Crippen molar-refractivity contribution < 1.29 is 22.4 Å². The molecule has 0 saturated heterocycles. The van der Waals surface area contributed by atoms with E-state index in [1.54, 1.807) is 24.3 Å². The summed E-state index contributed by atoms with van der Waals surface area (Å²) in [6, 6.07) is 9.80. The minimum Gasteiger partial charge on any atom is -0.448 e. The van der Waals surface area contributed by atoms with E-state index in [0.717, 1.165) is 30.0 Å². The van der Waals surface area contributed by atoms with Crippen molar-refractivity contribution in [3.05, 3.63) is 63.4 Å². The van der Waals surface area contributed by atoms with E-state index in [1.165, 1.54) is 4.57 Å². The molecule has 0 aliphatic heterocycles. The van der Waals surface area contributed by atoms with Crippen molar-refractivity contribution in [1.82, 2.24) is 9.55 Å². The van der Waals surface area contributed by atoms with Crippen LogP contribution < -0.4 is 10.9 Å². The van der Waals surface area contributed by atoms with Crippen LogP contribution in [0.2, 0.25) is 5.02 Å². The molecule has 2 heterocycles. The van der Waals surface area contributed by atoms with Gasteiger partial charge < -0.3 is 9.73 Å². The number of benzene rings is 2. The second-order valence-electron chi connectivity index (χ2n) is 7.16. The third kappa shape index (κ3) is 4.72. The number of rotatable bonds is 6. The predicted octanol–water partition coefficient (Wildman–Crippen LogP) is 5.96. The summed E-state index contributed by atoms with van der Waals surface area (Å²) >= 11 is 6.95. The number of nitrogens with one attached hydrogen (secondary N) is 1. The molecule has 2 aromatic carbocycles. The van der Waals surface area contributed by atoms with E-state index >= 15 is 0 Å². The highest BCUT2D eigenvalue weighted by Crippen LogP contribution is 2.34. The van der Waals surface area contributed by atoms with Crippen molar-refractivity contribution in [1.29, 1.82) is 0 Å². The Morgan fingerprint density at radius 1 is 1.24 bits per heavy atom. The third-order valence-corrected chi connectivity index (χ3v) is 6.10. The summed E-state index contributed by atoms with van der Waals surface area (Å²) in [5.41, 5.74) is -0.375. The monoisotopic (exact) mass is 495 g/mol. The predicted molar refractivity (Wildman–Crippen MR) is 122 cm³/mol. The second kappa shape index (κ2) is 9.11. The minimum atomic E-state index is -4.57. The highest BCUT2D eigenvalue weighted by Gasteiger charge is 2.31. The summed E-state index contributed by atoms with van der Waals surface area (Å²) in [5.74, 6) is -0.778. The Kier molecular flexibility index (Phi) is 6.40. The average Bonchev–Trinajstić information content (AvgIpc) is 3.14. The summed E-state index contributed by atoms with van der Waals surface area (Å²) in [4.78, 5) is 30.0. The Morgan fingerprint density at radius 3 is 2.73 bits per heavy atom. The van der Waals surface area contributed by atoms with Crippen molar-refractivity contribution in [2.24, 2.45) is 0 Å². The second-order valence-corrected chi connectivity index (χ2v) is 8.51. The Morgan fingerprint density at radius 2 is 2.00 bits per heavy atom. The van der Waals surface area contributed by atoms with Gasteiger partial charge in [-0.15, -0.1) is 0 Å². The maximum atomic E-state index is 13.0. The molecule has 6 nitrogen and oxygen atoms in total. The van der Waals surface area contributed by atoms with Crippen molar-refractivity contribution in [2.45, 2.75) is 31.2 Å².